The minimum Gasteiger partial charge on any atom is -0.466 e. The van der Waals surface area contributed by atoms with Crippen LogP contribution >= 0.6 is 15.9 Å². The zero-order chi connectivity index (χ0) is 19.1. The molecule has 0 aliphatic rings. The molecule has 0 bridgehead atoms. The lowest BCUT2D eigenvalue weighted by atomic mass is 9.91. The van der Waals surface area contributed by atoms with Crippen LogP contribution in [0.5, 0.6) is 0 Å². The van der Waals surface area contributed by atoms with Crippen molar-refractivity contribution in [2.24, 2.45) is 11.1 Å². The van der Waals surface area contributed by atoms with Crippen LogP contribution in [0.4, 0.5) is 0 Å². The SMILES string of the molecule is CC(C)(C)N.CCOC(=O)CBr.CCOC(=O)CCC(C)(C)C. The van der Waals surface area contributed by atoms with E-state index >= 15 is 0 Å². The molecule has 0 aromatic heterocycles. The fourth-order valence-electron chi connectivity index (χ4n) is 0.910. The third-order valence-corrected chi connectivity index (χ3v) is 2.26. The Labute approximate surface area is 150 Å². The Morgan fingerprint density at radius 3 is 1.48 bits per heavy atom. The lowest BCUT2D eigenvalue weighted by molar-refractivity contribution is -0.143. The van der Waals surface area contributed by atoms with Crippen molar-refractivity contribution >= 4 is 27.9 Å². The second-order valence-corrected chi connectivity index (χ2v) is 7.73. The summed E-state index contributed by atoms with van der Waals surface area (Å²) in [6.45, 7) is 16.8. The van der Waals surface area contributed by atoms with E-state index in [0.29, 0.717) is 25.0 Å². The zero-order valence-electron chi connectivity index (χ0n) is 16.1. The van der Waals surface area contributed by atoms with Gasteiger partial charge in [-0.05, 0) is 46.5 Å². The highest BCUT2D eigenvalue weighted by atomic mass is 79.9. The van der Waals surface area contributed by atoms with Crippen LogP contribution in [-0.4, -0.2) is 36.0 Å². The van der Waals surface area contributed by atoms with Crippen LogP contribution in [0.1, 0.15) is 68.2 Å². The maximum absolute atomic E-state index is 10.9. The largest absolute Gasteiger partial charge is 0.466 e. The number of alkyl halides is 1. The third kappa shape index (κ3) is 44.9. The summed E-state index contributed by atoms with van der Waals surface area (Å²) in [5.41, 5.74) is 5.58. The van der Waals surface area contributed by atoms with Gasteiger partial charge in [0.05, 0.1) is 13.2 Å². The van der Waals surface area contributed by atoms with Gasteiger partial charge >= 0.3 is 11.9 Å². The van der Waals surface area contributed by atoms with E-state index in [1.807, 2.05) is 27.7 Å². The van der Waals surface area contributed by atoms with E-state index in [9.17, 15) is 9.59 Å². The highest BCUT2D eigenvalue weighted by molar-refractivity contribution is 9.09. The summed E-state index contributed by atoms with van der Waals surface area (Å²) in [5.74, 6) is -0.287. The lowest BCUT2D eigenvalue weighted by Gasteiger charge is -2.16. The molecule has 0 aliphatic heterocycles. The maximum atomic E-state index is 10.9. The van der Waals surface area contributed by atoms with Gasteiger partial charge in [0.2, 0.25) is 0 Å². The van der Waals surface area contributed by atoms with E-state index in [4.69, 9.17) is 10.5 Å². The van der Waals surface area contributed by atoms with Crippen LogP contribution in [0.15, 0.2) is 0 Å². The van der Waals surface area contributed by atoms with Gasteiger partial charge in [-0.25, -0.2) is 0 Å². The van der Waals surface area contributed by atoms with Crippen molar-refractivity contribution in [2.75, 3.05) is 18.5 Å². The number of rotatable bonds is 5. The first-order chi connectivity index (χ1) is 10.3. The van der Waals surface area contributed by atoms with Crippen molar-refractivity contribution in [1.82, 2.24) is 0 Å². The molecular weight excluding hydrogens is 362 g/mol. The number of hydrogen-bond acceptors (Lipinski definition) is 5. The minimum atomic E-state index is -0.206. The summed E-state index contributed by atoms with van der Waals surface area (Å²) in [4.78, 5) is 21.0. The smallest absolute Gasteiger partial charge is 0.316 e. The topological polar surface area (TPSA) is 78.6 Å². The molecule has 0 spiro atoms. The van der Waals surface area contributed by atoms with E-state index < -0.39 is 0 Å². The molecule has 0 radical (unpaired) electrons. The average Bonchev–Trinajstić information content (AvgIpc) is 2.35. The summed E-state index contributed by atoms with van der Waals surface area (Å²) in [5, 5.41) is 0.292. The van der Waals surface area contributed by atoms with E-state index in [2.05, 4.69) is 41.4 Å². The molecule has 0 atom stereocenters. The molecule has 23 heavy (non-hydrogen) atoms. The summed E-state index contributed by atoms with van der Waals surface area (Å²) < 4.78 is 9.30. The summed E-state index contributed by atoms with van der Waals surface area (Å²) in [7, 11) is 0. The minimum absolute atomic E-state index is 0. The molecule has 0 aliphatic carbocycles. The first-order valence-electron chi connectivity index (χ1n) is 7.92. The third-order valence-electron chi connectivity index (χ3n) is 1.80. The van der Waals surface area contributed by atoms with Crippen LogP contribution in [-0.2, 0) is 19.1 Å². The molecule has 0 aromatic carbocycles. The first kappa shape index (κ1) is 27.2. The highest BCUT2D eigenvalue weighted by Gasteiger charge is 2.12. The van der Waals surface area contributed by atoms with Gasteiger partial charge in [-0.3, -0.25) is 9.59 Å². The van der Waals surface area contributed by atoms with Crippen LogP contribution in [0.2, 0.25) is 0 Å². The van der Waals surface area contributed by atoms with Gasteiger partial charge in [0.1, 0.15) is 5.33 Å². The van der Waals surface area contributed by atoms with Crippen LogP contribution in [0, 0.1) is 5.41 Å². The number of carbonyl (C=O) groups is 2. The number of ether oxygens (including phenoxy) is 2. The van der Waals surface area contributed by atoms with Crippen molar-refractivity contribution < 1.29 is 19.1 Å². The molecule has 0 heterocycles. The molecule has 6 heteroatoms. The van der Waals surface area contributed by atoms with Gasteiger partial charge < -0.3 is 15.2 Å². The summed E-state index contributed by atoms with van der Waals surface area (Å²) in [6, 6.07) is 0. The van der Waals surface area contributed by atoms with Gasteiger partial charge in [0.25, 0.3) is 0 Å². The van der Waals surface area contributed by atoms with E-state index in [0.717, 1.165) is 6.42 Å². The Kier molecular flexibility index (Phi) is 17.7. The van der Waals surface area contributed by atoms with Gasteiger partial charge in [0, 0.05) is 12.0 Å². The molecule has 0 fully saturated rings. The van der Waals surface area contributed by atoms with Crippen LogP contribution < -0.4 is 5.73 Å². The molecule has 0 saturated carbocycles. The Bertz CT molecular complexity index is 301. The second kappa shape index (κ2) is 14.9. The molecule has 5 nitrogen and oxygen atoms in total. The van der Waals surface area contributed by atoms with Crippen molar-refractivity contribution in [1.29, 1.82) is 0 Å². The van der Waals surface area contributed by atoms with Crippen LogP contribution in [0.25, 0.3) is 0 Å². The number of hydrogen-bond donors (Lipinski definition) is 1. The molecular formula is C17H36BrNO4. The Morgan fingerprint density at radius 1 is 0.913 bits per heavy atom. The molecule has 0 unspecified atom stereocenters. The number of esters is 2. The molecule has 0 saturated heterocycles. The molecule has 0 aromatic rings. The van der Waals surface area contributed by atoms with Gasteiger partial charge in [-0.2, -0.15) is 0 Å². The Hall–Kier alpha value is -0.620. The van der Waals surface area contributed by atoms with Crippen molar-refractivity contribution in [3.63, 3.8) is 0 Å². The van der Waals surface area contributed by atoms with Crippen molar-refractivity contribution in [3.8, 4) is 0 Å². The Balaban J connectivity index is -0.000000286. The predicted octanol–water partition coefficient (Wildman–Crippen LogP) is 4.06. The number of carbonyl (C=O) groups excluding carboxylic acids is 2. The van der Waals surface area contributed by atoms with Crippen molar-refractivity contribution in [2.45, 2.75) is 73.8 Å². The summed E-state index contributed by atoms with van der Waals surface area (Å²) in [6.07, 6.45) is 1.43. The zero-order valence-corrected chi connectivity index (χ0v) is 17.7. The lowest BCUT2D eigenvalue weighted by Crippen LogP contribution is -2.26. The fraction of sp³-hybridized carbons (Fsp3) is 0.882. The first-order valence-corrected chi connectivity index (χ1v) is 9.05. The summed E-state index contributed by atoms with van der Waals surface area (Å²) >= 11 is 2.94. The maximum Gasteiger partial charge on any atom is 0.316 e. The molecule has 2 N–H and O–H groups in total. The second-order valence-electron chi connectivity index (χ2n) is 7.17. The number of halogens is 1. The normalized spacial score (nSPS) is 10.5. The molecule has 0 rings (SSSR count). The number of nitrogens with two attached hydrogens (primary N) is 1. The predicted molar refractivity (Wildman–Crippen MR) is 99.7 cm³/mol. The van der Waals surface area contributed by atoms with Gasteiger partial charge in [-0.15, -0.1) is 0 Å². The molecule has 0 amide bonds. The molecule has 140 valence electrons. The Morgan fingerprint density at radius 2 is 1.26 bits per heavy atom. The highest BCUT2D eigenvalue weighted by Crippen LogP contribution is 2.20. The van der Waals surface area contributed by atoms with E-state index in [-0.39, 0.29) is 22.9 Å². The fourth-order valence-corrected chi connectivity index (χ4v) is 1.07. The quantitative estimate of drug-likeness (QED) is 0.558. The van der Waals surface area contributed by atoms with E-state index in [1.54, 1.807) is 6.92 Å². The van der Waals surface area contributed by atoms with Crippen LogP contribution in [0.3, 0.4) is 0 Å². The van der Waals surface area contributed by atoms with Gasteiger partial charge in [0.15, 0.2) is 0 Å². The standard InChI is InChI=1S/C9H18O2.C4H7BrO2.C4H11N/c1-5-11-8(10)6-7-9(2,3)4;1-2-7-4(6)3-5;1-4(2,3)5/h5-7H2,1-4H3;2-3H2,1H3;5H2,1-3H3. The van der Waals surface area contributed by atoms with Gasteiger partial charge in [-0.1, -0.05) is 36.7 Å². The monoisotopic (exact) mass is 397 g/mol. The average molecular weight is 398 g/mol. The van der Waals surface area contributed by atoms with E-state index in [1.165, 1.54) is 0 Å². The van der Waals surface area contributed by atoms with Crippen molar-refractivity contribution in [3.05, 3.63) is 0 Å².